The molecule has 1 aliphatic rings. The highest BCUT2D eigenvalue weighted by Crippen LogP contribution is 2.19. The van der Waals surface area contributed by atoms with Crippen LogP contribution in [0.2, 0.25) is 0 Å². The molecule has 114 valence electrons. The summed E-state index contributed by atoms with van der Waals surface area (Å²) in [4.78, 5) is 24.8. The molecule has 21 heavy (non-hydrogen) atoms. The predicted molar refractivity (Wildman–Crippen MR) is 81.1 cm³/mol. The van der Waals surface area contributed by atoms with Gasteiger partial charge in [0.15, 0.2) is 0 Å². The van der Waals surface area contributed by atoms with Gasteiger partial charge in [-0.3, -0.25) is 14.5 Å². The molecule has 0 spiro atoms. The Bertz CT molecular complexity index is 520. The van der Waals surface area contributed by atoms with E-state index in [2.05, 4.69) is 21.2 Å². The molecule has 0 aromatic heterocycles. The lowest BCUT2D eigenvalue weighted by molar-refractivity contribution is -0.143. The molecule has 1 aromatic rings. The van der Waals surface area contributed by atoms with Crippen molar-refractivity contribution in [3.8, 4) is 0 Å². The predicted octanol–water partition coefficient (Wildman–Crippen LogP) is 1.42. The Kier molecular flexibility index (Phi) is 5.33. The number of hydrogen-bond donors (Lipinski definition) is 2. The van der Waals surface area contributed by atoms with Gasteiger partial charge in [-0.05, 0) is 31.3 Å². The van der Waals surface area contributed by atoms with Gasteiger partial charge < -0.3 is 15.2 Å². The lowest BCUT2D eigenvalue weighted by Crippen LogP contribution is -2.44. The van der Waals surface area contributed by atoms with E-state index in [0.29, 0.717) is 12.3 Å². The fourth-order valence-corrected chi connectivity index (χ4v) is 2.56. The van der Waals surface area contributed by atoms with E-state index in [1.807, 2.05) is 12.1 Å². The fourth-order valence-electron chi connectivity index (χ4n) is 2.29. The van der Waals surface area contributed by atoms with Gasteiger partial charge in [-0.15, -0.1) is 0 Å². The largest absolute Gasteiger partial charge is 0.481 e. The van der Waals surface area contributed by atoms with Crippen molar-refractivity contribution >= 4 is 33.5 Å². The number of aliphatic carboxylic acids is 1. The molecule has 6 nitrogen and oxygen atoms in total. The number of hydrogen-bond acceptors (Lipinski definition) is 4. The number of carbonyl (C=O) groups is 2. The maximum Gasteiger partial charge on any atom is 0.310 e. The van der Waals surface area contributed by atoms with Gasteiger partial charge in [0.2, 0.25) is 5.91 Å². The van der Waals surface area contributed by atoms with Crippen molar-refractivity contribution in [3.63, 3.8) is 0 Å². The molecule has 7 heteroatoms. The highest BCUT2D eigenvalue weighted by atomic mass is 79.9. The number of carboxylic acids is 1. The van der Waals surface area contributed by atoms with Crippen molar-refractivity contribution in [1.29, 1.82) is 0 Å². The van der Waals surface area contributed by atoms with Gasteiger partial charge in [-0.2, -0.15) is 0 Å². The fraction of sp³-hybridized carbons (Fsp3) is 0.429. The molecule has 1 saturated heterocycles. The van der Waals surface area contributed by atoms with Crippen molar-refractivity contribution in [2.75, 3.05) is 32.1 Å². The normalized spacial score (nSPS) is 21.5. The first-order chi connectivity index (χ1) is 9.97. The highest BCUT2D eigenvalue weighted by Gasteiger charge is 2.37. The van der Waals surface area contributed by atoms with Crippen LogP contribution in [0.15, 0.2) is 28.7 Å². The van der Waals surface area contributed by atoms with E-state index < -0.39 is 11.9 Å². The molecule has 2 N–H and O–H groups in total. The Hall–Kier alpha value is -1.44. The van der Waals surface area contributed by atoms with E-state index in [-0.39, 0.29) is 25.1 Å². The maximum atomic E-state index is 12.0. The zero-order chi connectivity index (χ0) is 15.4. The molecular formula is C14H17BrN2O4. The third-order valence-electron chi connectivity index (χ3n) is 3.45. The Labute approximate surface area is 131 Å². The van der Waals surface area contributed by atoms with Gasteiger partial charge in [0.25, 0.3) is 0 Å². The van der Waals surface area contributed by atoms with Gasteiger partial charge in [0, 0.05) is 16.2 Å². The number of likely N-dealkylation sites (N-methyl/N-ethyl adjacent to an activating group) is 1. The molecule has 2 unspecified atom stereocenters. The summed E-state index contributed by atoms with van der Waals surface area (Å²) in [7, 11) is 1.73. The molecule has 0 aliphatic carbocycles. The lowest BCUT2D eigenvalue weighted by Gasteiger charge is -2.25. The Morgan fingerprint density at radius 3 is 2.67 bits per heavy atom. The number of anilines is 1. The smallest absolute Gasteiger partial charge is 0.310 e. The van der Waals surface area contributed by atoms with E-state index in [1.54, 1.807) is 24.1 Å². The van der Waals surface area contributed by atoms with Gasteiger partial charge >= 0.3 is 5.97 Å². The molecular weight excluding hydrogens is 340 g/mol. The summed E-state index contributed by atoms with van der Waals surface area (Å²) in [5, 5.41) is 11.9. The molecule has 2 rings (SSSR count). The van der Waals surface area contributed by atoms with Crippen LogP contribution in [0.4, 0.5) is 5.69 Å². The number of nitrogens with one attached hydrogen (secondary N) is 1. The van der Waals surface area contributed by atoms with Gasteiger partial charge in [0.1, 0.15) is 0 Å². The molecule has 1 amide bonds. The summed E-state index contributed by atoms with van der Waals surface area (Å²) < 4.78 is 6.14. The average molecular weight is 357 g/mol. The third-order valence-corrected chi connectivity index (χ3v) is 3.98. The zero-order valence-corrected chi connectivity index (χ0v) is 13.2. The summed E-state index contributed by atoms with van der Waals surface area (Å²) in [5.41, 5.74) is 0.703. The Morgan fingerprint density at radius 2 is 2.05 bits per heavy atom. The van der Waals surface area contributed by atoms with Crippen molar-refractivity contribution < 1.29 is 19.4 Å². The summed E-state index contributed by atoms with van der Waals surface area (Å²) in [6.45, 7) is 0.644. The molecule has 0 bridgehead atoms. The van der Waals surface area contributed by atoms with Crippen LogP contribution in [0.1, 0.15) is 0 Å². The number of benzene rings is 1. The summed E-state index contributed by atoms with van der Waals surface area (Å²) in [5.74, 6) is -1.66. The number of nitrogens with zero attached hydrogens (tertiary/aromatic N) is 1. The molecule has 1 fully saturated rings. The second-order valence-electron chi connectivity index (χ2n) is 5.02. The second kappa shape index (κ2) is 7.02. The molecule has 1 heterocycles. The van der Waals surface area contributed by atoms with Crippen LogP contribution in [0, 0.1) is 5.92 Å². The van der Waals surface area contributed by atoms with Crippen molar-refractivity contribution in [3.05, 3.63) is 28.7 Å². The van der Waals surface area contributed by atoms with Crippen molar-refractivity contribution in [2.45, 2.75) is 6.04 Å². The molecule has 1 aliphatic heterocycles. The number of carbonyl (C=O) groups excluding carboxylic acids is 1. The first-order valence-corrected chi connectivity index (χ1v) is 7.33. The van der Waals surface area contributed by atoms with E-state index in [9.17, 15) is 9.59 Å². The maximum absolute atomic E-state index is 12.0. The quantitative estimate of drug-likeness (QED) is 0.833. The van der Waals surface area contributed by atoms with Gasteiger partial charge in [-0.25, -0.2) is 0 Å². The highest BCUT2D eigenvalue weighted by molar-refractivity contribution is 9.10. The summed E-state index contributed by atoms with van der Waals surface area (Å²) in [6, 6.07) is 6.98. The molecule has 1 aromatic carbocycles. The Balaban J connectivity index is 1.90. The van der Waals surface area contributed by atoms with Crippen LogP contribution < -0.4 is 5.32 Å². The zero-order valence-electron chi connectivity index (χ0n) is 11.6. The minimum absolute atomic E-state index is 0.119. The first-order valence-electron chi connectivity index (χ1n) is 6.53. The number of amides is 1. The summed E-state index contributed by atoms with van der Waals surface area (Å²) >= 11 is 3.33. The number of ether oxygens (including phenoxy) is 1. The molecule has 0 radical (unpaired) electrons. The standard InChI is InChI=1S/C14H17BrN2O4/c1-17(12-8-21-7-11(12)14(19)20)6-13(18)16-10-4-2-9(15)3-5-10/h2-5,11-12H,6-8H2,1H3,(H,16,18)(H,19,20). The van der Waals surface area contributed by atoms with Crippen LogP contribution in [0.5, 0.6) is 0 Å². The van der Waals surface area contributed by atoms with Crippen LogP contribution in [0.3, 0.4) is 0 Å². The minimum atomic E-state index is -0.891. The van der Waals surface area contributed by atoms with Crippen LogP contribution in [-0.2, 0) is 14.3 Å². The van der Waals surface area contributed by atoms with E-state index in [0.717, 1.165) is 4.47 Å². The van der Waals surface area contributed by atoms with Crippen LogP contribution >= 0.6 is 15.9 Å². The van der Waals surface area contributed by atoms with Gasteiger partial charge in [0.05, 0.1) is 25.7 Å². The number of carboxylic acid groups (broad SMARTS) is 1. The molecule has 2 atom stereocenters. The topological polar surface area (TPSA) is 78.9 Å². The SMILES string of the molecule is CN(CC(=O)Nc1ccc(Br)cc1)C1COCC1C(=O)O. The van der Waals surface area contributed by atoms with Crippen LogP contribution in [-0.4, -0.2) is 54.7 Å². The van der Waals surface area contributed by atoms with E-state index in [1.165, 1.54) is 0 Å². The second-order valence-corrected chi connectivity index (χ2v) is 5.94. The first kappa shape index (κ1) is 15.9. The Morgan fingerprint density at radius 1 is 1.38 bits per heavy atom. The number of rotatable bonds is 5. The van der Waals surface area contributed by atoms with Gasteiger partial charge in [-0.1, -0.05) is 15.9 Å². The van der Waals surface area contributed by atoms with E-state index >= 15 is 0 Å². The lowest BCUT2D eigenvalue weighted by atomic mass is 10.0. The average Bonchev–Trinajstić information content (AvgIpc) is 2.91. The van der Waals surface area contributed by atoms with Crippen LogP contribution in [0.25, 0.3) is 0 Å². The van der Waals surface area contributed by atoms with Crippen molar-refractivity contribution in [1.82, 2.24) is 4.90 Å². The van der Waals surface area contributed by atoms with Crippen molar-refractivity contribution in [2.24, 2.45) is 5.92 Å². The third kappa shape index (κ3) is 4.26. The number of halogens is 1. The molecule has 0 saturated carbocycles. The minimum Gasteiger partial charge on any atom is -0.481 e. The van der Waals surface area contributed by atoms with E-state index in [4.69, 9.17) is 9.84 Å². The monoisotopic (exact) mass is 356 g/mol. The summed E-state index contributed by atoms with van der Waals surface area (Å²) in [6.07, 6.45) is 0.